The van der Waals surface area contributed by atoms with Gasteiger partial charge in [0.05, 0.1) is 16.3 Å². The van der Waals surface area contributed by atoms with Crippen LogP contribution in [0.5, 0.6) is 0 Å². The first-order valence-corrected chi connectivity index (χ1v) is 14.1. The van der Waals surface area contributed by atoms with E-state index in [1.165, 1.54) is 23.0 Å². The van der Waals surface area contributed by atoms with Gasteiger partial charge < -0.3 is 15.4 Å². The number of hydrogen-bond acceptors (Lipinski definition) is 6. The van der Waals surface area contributed by atoms with Crippen molar-refractivity contribution in [3.8, 4) is 5.82 Å². The SMILES string of the molecule is O=C(Nc1cc(C(=O)Nc2c(Br)cc(Cl)cc2C(=O)NCC2CC2)n(-c2ncccc2Cl)n1)OCc1ccccc1. The topological polar surface area (TPSA) is 127 Å². The molecule has 0 spiro atoms. The number of halogens is 3. The van der Waals surface area contributed by atoms with E-state index < -0.39 is 12.0 Å². The molecule has 0 unspecified atom stereocenters. The molecule has 0 aliphatic heterocycles. The summed E-state index contributed by atoms with van der Waals surface area (Å²) in [4.78, 5) is 43.4. The summed E-state index contributed by atoms with van der Waals surface area (Å²) in [5, 5.41) is 13.1. The summed E-state index contributed by atoms with van der Waals surface area (Å²) in [5.74, 6) is -0.387. The zero-order chi connectivity index (χ0) is 28.9. The minimum absolute atomic E-state index is 0.0184. The molecule has 1 saturated carbocycles. The number of carbonyl (C=O) groups is 3. The summed E-state index contributed by atoms with van der Waals surface area (Å²) >= 11 is 16.0. The number of amides is 3. The normalized spacial score (nSPS) is 12.5. The number of ether oxygens (including phenoxy) is 1. The van der Waals surface area contributed by atoms with Gasteiger partial charge in [0, 0.05) is 28.3 Å². The molecule has 0 bridgehead atoms. The number of hydrogen-bond donors (Lipinski definition) is 3. The lowest BCUT2D eigenvalue weighted by Crippen LogP contribution is -2.27. The molecule has 210 valence electrons. The van der Waals surface area contributed by atoms with Gasteiger partial charge in [-0.1, -0.05) is 53.5 Å². The molecule has 4 aromatic rings. The van der Waals surface area contributed by atoms with E-state index in [1.807, 2.05) is 30.3 Å². The van der Waals surface area contributed by atoms with Gasteiger partial charge in [-0.15, -0.1) is 5.10 Å². The summed E-state index contributed by atoms with van der Waals surface area (Å²) in [6, 6.07) is 16.8. The van der Waals surface area contributed by atoms with E-state index in [4.69, 9.17) is 27.9 Å². The maximum absolute atomic E-state index is 13.6. The Hall–Kier alpha value is -3.93. The Balaban J connectivity index is 1.41. The Labute approximate surface area is 253 Å². The number of anilines is 2. The number of rotatable bonds is 9. The molecule has 13 heteroatoms. The summed E-state index contributed by atoms with van der Waals surface area (Å²) in [6.07, 6.45) is 2.86. The molecule has 41 heavy (non-hydrogen) atoms. The van der Waals surface area contributed by atoms with E-state index in [9.17, 15) is 14.4 Å². The highest BCUT2D eigenvalue weighted by molar-refractivity contribution is 9.10. The summed E-state index contributed by atoms with van der Waals surface area (Å²) in [7, 11) is 0. The Morgan fingerprint density at radius 3 is 2.51 bits per heavy atom. The fourth-order valence-corrected chi connectivity index (χ4v) is 4.98. The third-order valence-corrected chi connectivity index (χ3v) is 7.25. The minimum Gasteiger partial charge on any atom is -0.444 e. The lowest BCUT2D eigenvalue weighted by molar-refractivity contribution is 0.0952. The second kappa shape index (κ2) is 12.7. The first-order valence-electron chi connectivity index (χ1n) is 12.6. The molecular formula is C28H23BrCl2N6O4. The van der Waals surface area contributed by atoms with E-state index in [2.05, 4.69) is 42.0 Å². The first-order chi connectivity index (χ1) is 19.8. The Morgan fingerprint density at radius 1 is 1.00 bits per heavy atom. The fourth-order valence-electron chi connectivity index (χ4n) is 3.87. The van der Waals surface area contributed by atoms with Crippen LogP contribution in [0.25, 0.3) is 5.82 Å². The predicted molar refractivity (Wildman–Crippen MR) is 159 cm³/mol. The van der Waals surface area contributed by atoms with Crippen LogP contribution >= 0.6 is 39.1 Å². The highest BCUT2D eigenvalue weighted by Gasteiger charge is 2.26. The maximum Gasteiger partial charge on any atom is 0.413 e. The monoisotopic (exact) mass is 656 g/mol. The number of aromatic nitrogens is 3. The Bertz CT molecular complexity index is 1610. The molecule has 2 heterocycles. The van der Waals surface area contributed by atoms with Gasteiger partial charge in [0.25, 0.3) is 11.8 Å². The van der Waals surface area contributed by atoms with Crippen LogP contribution in [-0.4, -0.2) is 39.2 Å². The Kier molecular flexibility index (Phi) is 8.87. The van der Waals surface area contributed by atoms with Crippen molar-refractivity contribution in [2.24, 2.45) is 5.92 Å². The van der Waals surface area contributed by atoms with Crippen LogP contribution in [-0.2, 0) is 11.3 Å². The lowest BCUT2D eigenvalue weighted by atomic mass is 10.1. The van der Waals surface area contributed by atoms with Crippen molar-refractivity contribution < 1.29 is 19.1 Å². The minimum atomic E-state index is -0.771. The number of nitrogens with zero attached hydrogens (tertiary/aromatic N) is 3. The highest BCUT2D eigenvalue weighted by Crippen LogP contribution is 2.32. The van der Waals surface area contributed by atoms with Crippen molar-refractivity contribution >= 4 is 68.5 Å². The number of carbonyl (C=O) groups excluding carboxylic acids is 3. The average Bonchev–Trinajstić information content (AvgIpc) is 3.70. The van der Waals surface area contributed by atoms with Gasteiger partial charge in [0.2, 0.25) is 0 Å². The van der Waals surface area contributed by atoms with Crippen LogP contribution in [0.2, 0.25) is 10.0 Å². The molecular weight excluding hydrogens is 635 g/mol. The molecule has 1 aliphatic carbocycles. The first kappa shape index (κ1) is 28.6. The summed E-state index contributed by atoms with van der Waals surface area (Å²) in [6.45, 7) is 0.583. The average molecular weight is 658 g/mol. The summed E-state index contributed by atoms with van der Waals surface area (Å²) < 4.78 is 6.87. The van der Waals surface area contributed by atoms with Crippen molar-refractivity contribution in [2.75, 3.05) is 17.2 Å². The molecule has 5 rings (SSSR count). The molecule has 1 fully saturated rings. The third-order valence-electron chi connectivity index (χ3n) is 6.11. The van der Waals surface area contributed by atoms with Gasteiger partial charge in [0.1, 0.15) is 12.3 Å². The van der Waals surface area contributed by atoms with Gasteiger partial charge in [-0.25, -0.2) is 14.5 Å². The van der Waals surface area contributed by atoms with Crippen LogP contribution in [0, 0.1) is 5.92 Å². The van der Waals surface area contributed by atoms with Crippen molar-refractivity contribution in [2.45, 2.75) is 19.4 Å². The largest absolute Gasteiger partial charge is 0.444 e. The number of pyridine rings is 1. The smallest absolute Gasteiger partial charge is 0.413 e. The van der Waals surface area contributed by atoms with E-state index in [0.717, 1.165) is 18.4 Å². The van der Waals surface area contributed by atoms with Crippen molar-refractivity contribution in [1.82, 2.24) is 20.1 Å². The van der Waals surface area contributed by atoms with E-state index in [-0.39, 0.29) is 46.1 Å². The maximum atomic E-state index is 13.6. The van der Waals surface area contributed by atoms with E-state index in [1.54, 1.807) is 18.2 Å². The Morgan fingerprint density at radius 2 is 1.78 bits per heavy atom. The lowest BCUT2D eigenvalue weighted by Gasteiger charge is -2.14. The molecule has 2 aromatic heterocycles. The molecule has 3 amide bonds. The van der Waals surface area contributed by atoms with Crippen molar-refractivity contribution in [1.29, 1.82) is 0 Å². The van der Waals surface area contributed by atoms with Crippen LogP contribution < -0.4 is 16.0 Å². The predicted octanol–water partition coefficient (Wildman–Crippen LogP) is 6.48. The fraction of sp³-hybridized carbons (Fsp3) is 0.179. The zero-order valence-electron chi connectivity index (χ0n) is 21.4. The van der Waals surface area contributed by atoms with Gasteiger partial charge in [-0.05, 0) is 64.5 Å². The number of benzene rings is 2. The van der Waals surface area contributed by atoms with Crippen LogP contribution in [0.15, 0.2) is 71.3 Å². The molecule has 10 nitrogen and oxygen atoms in total. The second-order valence-corrected chi connectivity index (χ2v) is 10.9. The summed E-state index contributed by atoms with van der Waals surface area (Å²) in [5.41, 5.74) is 1.18. The van der Waals surface area contributed by atoms with E-state index in [0.29, 0.717) is 22.0 Å². The van der Waals surface area contributed by atoms with Crippen LogP contribution in [0.3, 0.4) is 0 Å². The van der Waals surface area contributed by atoms with Crippen molar-refractivity contribution in [3.63, 3.8) is 0 Å². The second-order valence-electron chi connectivity index (χ2n) is 9.24. The van der Waals surface area contributed by atoms with Gasteiger partial charge in [-0.3, -0.25) is 14.9 Å². The molecule has 0 radical (unpaired) electrons. The van der Waals surface area contributed by atoms with Gasteiger partial charge in [-0.2, -0.15) is 0 Å². The van der Waals surface area contributed by atoms with E-state index >= 15 is 0 Å². The highest BCUT2D eigenvalue weighted by atomic mass is 79.9. The van der Waals surface area contributed by atoms with Crippen LogP contribution in [0.1, 0.15) is 39.3 Å². The third kappa shape index (κ3) is 7.24. The quantitative estimate of drug-likeness (QED) is 0.189. The molecule has 0 atom stereocenters. The standard InChI is InChI=1S/C28H23BrCl2N6O4/c29-20-12-18(30)11-19(26(38)33-14-16-8-9-16)24(20)35-27(39)22-13-23(36-37(22)25-21(31)7-4-10-32-25)34-28(40)41-15-17-5-2-1-3-6-17/h1-7,10-13,16H,8-9,14-15H2,(H,33,38)(H,35,39)(H,34,36,40). The van der Waals surface area contributed by atoms with Gasteiger partial charge in [0.15, 0.2) is 11.6 Å². The van der Waals surface area contributed by atoms with Crippen LogP contribution in [0.4, 0.5) is 16.3 Å². The zero-order valence-corrected chi connectivity index (χ0v) is 24.5. The number of nitrogens with one attached hydrogen (secondary N) is 3. The molecule has 3 N–H and O–H groups in total. The molecule has 1 aliphatic rings. The molecule has 2 aromatic carbocycles. The molecule has 0 saturated heterocycles. The van der Waals surface area contributed by atoms with Gasteiger partial charge >= 0.3 is 6.09 Å². The van der Waals surface area contributed by atoms with Crippen molar-refractivity contribution in [3.05, 3.63) is 98.2 Å².